The minimum Gasteiger partial charge on any atom is -0.354 e. The Morgan fingerprint density at radius 2 is 1.57 bits per heavy atom. The molecule has 0 saturated carbocycles. The van der Waals surface area contributed by atoms with Crippen LogP contribution in [0, 0.1) is 6.92 Å². The number of nitrogens with one attached hydrogen (secondary N) is 1. The van der Waals surface area contributed by atoms with E-state index in [2.05, 4.69) is 5.32 Å². The number of carbonyl (C=O) groups excluding carboxylic acids is 2. The van der Waals surface area contributed by atoms with Crippen molar-refractivity contribution in [3.8, 4) is 0 Å². The molecule has 1 N–H and O–H groups in total. The van der Waals surface area contributed by atoms with Gasteiger partial charge in [-0.05, 0) is 75.1 Å². The highest BCUT2D eigenvalue weighted by atomic mass is 35.5. The minimum absolute atomic E-state index is 0.0492. The summed E-state index contributed by atoms with van der Waals surface area (Å²) in [7, 11) is -4.15. The fraction of sp³-hybridized carbons (Fsp3) is 0.310. The number of amides is 2. The van der Waals surface area contributed by atoms with E-state index < -0.39 is 28.5 Å². The van der Waals surface area contributed by atoms with E-state index in [-0.39, 0.29) is 17.3 Å². The van der Waals surface area contributed by atoms with Crippen LogP contribution in [0.4, 0.5) is 5.69 Å². The van der Waals surface area contributed by atoms with Crippen LogP contribution in [0.15, 0.2) is 76.5 Å². The highest BCUT2D eigenvalue weighted by Gasteiger charge is 2.33. The van der Waals surface area contributed by atoms with Crippen LogP contribution in [0.3, 0.4) is 0 Å². The van der Waals surface area contributed by atoms with E-state index in [0.717, 1.165) is 21.2 Å². The van der Waals surface area contributed by atoms with E-state index in [1.54, 1.807) is 61.5 Å². The smallest absolute Gasteiger partial charge is 0.264 e. The lowest BCUT2D eigenvalue weighted by atomic mass is 10.1. The van der Waals surface area contributed by atoms with Crippen molar-refractivity contribution < 1.29 is 18.0 Å². The van der Waals surface area contributed by atoms with Gasteiger partial charge in [0, 0.05) is 33.6 Å². The number of aryl methyl sites for hydroxylation is 1. The van der Waals surface area contributed by atoms with Gasteiger partial charge in [-0.1, -0.05) is 53.9 Å². The molecule has 0 fully saturated rings. The Kier molecular flexibility index (Phi) is 11.3. The molecule has 1 atom stereocenters. The van der Waals surface area contributed by atoms with Gasteiger partial charge in [-0.25, -0.2) is 8.42 Å². The van der Waals surface area contributed by atoms with Gasteiger partial charge in [-0.15, -0.1) is 11.8 Å². The Labute approximate surface area is 250 Å². The number of carbonyl (C=O) groups is 2. The maximum absolute atomic E-state index is 14.0. The van der Waals surface area contributed by atoms with Gasteiger partial charge in [-0.3, -0.25) is 13.9 Å². The van der Waals surface area contributed by atoms with Crippen LogP contribution >= 0.6 is 35.0 Å². The standard InChI is InChI=1S/C29H33Cl2N3O4S2/c1-5-17-32-29(36)21(3)33(18-25-26(30)7-6-8-27(25)31)28(35)19-34(22-11-9-20(2)10-12-22)40(37,38)24-15-13-23(39-4)14-16-24/h6-16,21H,5,17-19H2,1-4H3,(H,32,36). The van der Waals surface area contributed by atoms with Crippen LogP contribution in [0.2, 0.25) is 10.0 Å². The summed E-state index contributed by atoms with van der Waals surface area (Å²) in [5, 5.41) is 3.48. The molecule has 0 radical (unpaired) electrons. The number of hydrogen-bond donors (Lipinski definition) is 1. The highest BCUT2D eigenvalue weighted by molar-refractivity contribution is 7.98. The Morgan fingerprint density at radius 3 is 2.12 bits per heavy atom. The molecule has 2 amide bonds. The van der Waals surface area contributed by atoms with E-state index >= 15 is 0 Å². The Hall–Kier alpha value is -2.72. The van der Waals surface area contributed by atoms with Crippen LogP contribution in [0.5, 0.6) is 0 Å². The molecule has 3 aromatic rings. The number of nitrogens with zero attached hydrogens (tertiary/aromatic N) is 2. The van der Waals surface area contributed by atoms with Crippen molar-refractivity contribution in [3.63, 3.8) is 0 Å². The van der Waals surface area contributed by atoms with Gasteiger partial charge in [0.15, 0.2) is 0 Å². The number of halogens is 2. The zero-order valence-corrected chi connectivity index (χ0v) is 26.0. The first kappa shape index (κ1) is 31.8. The zero-order chi connectivity index (χ0) is 29.4. The van der Waals surface area contributed by atoms with Crippen molar-refractivity contribution in [3.05, 3.63) is 87.9 Å². The Balaban J connectivity index is 2.05. The number of thioether (sulfide) groups is 1. The summed E-state index contributed by atoms with van der Waals surface area (Å²) < 4.78 is 28.9. The molecule has 3 rings (SSSR count). The van der Waals surface area contributed by atoms with Gasteiger partial charge < -0.3 is 10.2 Å². The van der Waals surface area contributed by atoms with Crippen molar-refractivity contribution >= 4 is 62.5 Å². The summed E-state index contributed by atoms with van der Waals surface area (Å²) in [5.41, 5.74) is 1.73. The predicted molar refractivity (Wildman–Crippen MR) is 164 cm³/mol. The fourth-order valence-corrected chi connectivity index (χ4v) is 6.29. The summed E-state index contributed by atoms with van der Waals surface area (Å²) in [6.45, 7) is 5.23. The second-order valence-corrected chi connectivity index (χ2v) is 12.8. The van der Waals surface area contributed by atoms with Crippen molar-refractivity contribution in [2.75, 3.05) is 23.7 Å². The van der Waals surface area contributed by atoms with Gasteiger partial charge in [0.25, 0.3) is 10.0 Å². The normalized spacial score (nSPS) is 12.1. The minimum atomic E-state index is -4.15. The van der Waals surface area contributed by atoms with Crippen LogP contribution in [-0.2, 0) is 26.2 Å². The molecule has 0 aliphatic carbocycles. The summed E-state index contributed by atoms with van der Waals surface area (Å²) in [6, 6.07) is 17.4. The van der Waals surface area contributed by atoms with E-state index in [1.807, 2.05) is 20.1 Å². The number of sulfonamides is 1. The maximum Gasteiger partial charge on any atom is 0.264 e. The second-order valence-electron chi connectivity index (χ2n) is 9.21. The first-order valence-corrected chi connectivity index (χ1v) is 16.1. The lowest BCUT2D eigenvalue weighted by Gasteiger charge is -2.32. The van der Waals surface area contributed by atoms with E-state index in [0.29, 0.717) is 27.8 Å². The largest absolute Gasteiger partial charge is 0.354 e. The zero-order valence-electron chi connectivity index (χ0n) is 22.9. The van der Waals surface area contributed by atoms with Crippen molar-refractivity contribution in [2.45, 2.75) is 49.6 Å². The molecule has 3 aromatic carbocycles. The molecule has 0 saturated heterocycles. The molecule has 1 unspecified atom stereocenters. The van der Waals surface area contributed by atoms with Gasteiger partial charge in [0.2, 0.25) is 11.8 Å². The maximum atomic E-state index is 14.0. The molecular formula is C29H33Cl2N3O4S2. The van der Waals surface area contributed by atoms with Gasteiger partial charge in [-0.2, -0.15) is 0 Å². The third-order valence-electron chi connectivity index (χ3n) is 6.35. The quantitative estimate of drug-likeness (QED) is 0.245. The predicted octanol–water partition coefficient (Wildman–Crippen LogP) is 6.16. The molecule has 0 bridgehead atoms. The van der Waals surface area contributed by atoms with Gasteiger partial charge >= 0.3 is 0 Å². The van der Waals surface area contributed by atoms with Crippen LogP contribution < -0.4 is 9.62 Å². The van der Waals surface area contributed by atoms with E-state index in [4.69, 9.17) is 23.2 Å². The molecule has 214 valence electrons. The number of rotatable bonds is 12. The highest BCUT2D eigenvalue weighted by Crippen LogP contribution is 2.29. The topological polar surface area (TPSA) is 86.8 Å². The monoisotopic (exact) mass is 621 g/mol. The first-order valence-electron chi connectivity index (χ1n) is 12.7. The number of anilines is 1. The SMILES string of the molecule is CCCNC(=O)C(C)N(Cc1c(Cl)cccc1Cl)C(=O)CN(c1ccc(C)cc1)S(=O)(=O)c1ccc(SC)cc1. The van der Waals surface area contributed by atoms with Crippen LogP contribution in [0.1, 0.15) is 31.4 Å². The van der Waals surface area contributed by atoms with E-state index in [9.17, 15) is 18.0 Å². The average Bonchev–Trinajstić information content (AvgIpc) is 2.94. The molecule has 0 heterocycles. The summed E-state index contributed by atoms with van der Waals surface area (Å²) in [4.78, 5) is 29.2. The molecule has 0 aromatic heterocycles. The van der Waals surface area contributed by atoms with Crippen molar-refractivity contribution in [2.24, 2.45) is 0 Å². The fourth-order valence-electron chi connectivity index (χ4n) is 3.95. The average molecular weight is 623 g/mol. The third kappa shape index (κ3) is 7.72. The third-order valence-corrected chi connectivity index (χ3v) is 9.59. The summed E-state index contributed by atoms with van der Waals surface area (Å²) in [5.74, 6) is -0.948. The first-order chi connectivity index (χ1) is 19.0. The molecule has 0 spiro atoms. The Morgan fingerprint density at radius 1 is 0.975 bits per heavy atom. The summed E-state index contributed by atoms with van der Waals surface area (Å²) >= 11 is 14.3. The number of hydrogen-bond acceptors (Lipinski definition) is 5. The summed E-state index contributed by atoms with van der Waals surface area (Å²) in [6.07, 6.45) is 2.62. The van der Waals surface area contributed by atoms with Crippen LogP contribution in [0.25, 0.3) is 0 Å². The lowest BCUT2D eigenvalue weighted by Crippen LogP contribution is -2.51. The molecule has 7 nitrogen and oxygen atoms in total. The molecule has 0 aliphatic rings. The van der Waals surface area contributed by atoms with Crippen molar-refractivity contribution in [1.29, 1.82) is 0 Å². The molecule has 0 aliphatic heterocycles. The number of benzene rings is 3. The van der Waals surface area contributed by atoms with Crippen molar-refractivity contribution in [1.82, 2.24) is 10.2 Å². The van der Waals surface area contributed by atoms with Gasteiger partial charge in [0.1, 0.15) is 12.6 Å². The molecular weight excluding hydrogens is 589 g/mol. The Bertz CT molecular complexity index is 1410. The lowest BCUT2D eigenvalue weighted by molar-refractivity contribution is -0.139. The second kappa shape index (κ2) is 14.3. The van der Waals surface area contributed by atoms with Gasteiger partial charge in [0.05, 0.1) is 10.6 Å². The van der Waals surface area contributed by atoms with Crippen LogP contribution in [-0.4, -0.2) is 50.5 Å². The molecule has 40 heavy (non-hydrogen) atoms. The molecule has 11 heteroatoms. The van der Waals surface area contributed by atoms with E-state index in [1.165, 1.54) is 28.8 Å².